The molecule has 2 heterocycles. The third-order valence-corrected chi connectivity index (χ3v) is 4.57. The van der Waals surface area contributed by atoms with Crippen molar-refractivity contribution in [3.8, 4) is 0 Å². The third kappa shape index (κ3) is 3.45. The molecule has 1 saturated heterocycles. The van der Waals surface area contributed by atoms with Gasteiger partial charge in [0.25, 0.3) is 0 Å². The summed E-state index contributed by atoms with van der Waals surface area (Å²) in [6.07, 6.45) is 1.81. The van der Waals surface area contributed by atoms with Crippen molar-refractivity contribution in [2.75, 3.05) is 19.8 Å². The van der Waals surface area contributed by atoms with Crippen LogP contribution < -0.4 is 5.32 Å². The number of carbonyl (C=O) groups is 1. The minimum atomic E-state index is -0.0526. The van der Waals surface area contributed by atoms with Crippen molar-refractivity contribution < 1.29 is 9.53 Å². The fourth-order valence-electron chi connectivity index (χ4n) is 2.55. The number of morpholine rings is 1. The Morgan fingerprint density at radius 2 is 2.27 bits per heavy atom. The molecular weight excluding hydrogens is 298 g/mol. The predicted molar refractivity (Wildman–Crippen MR) is 85.8 cm³/mol. The lowest BCUT2D eigenvalue weighted by Gasteiger charge is -2.35. The molecule has 1 aliphatic heterocycles. The number of thiazole rings is 1. The van der Waals surface area contributed by atoms with Crippen LogP contribution in [0.4, 0.5) is 4.79 Å². The number of nitrogens with one attached hydrogen (secondary N) is 1. The van der Waals surface area contributed by atoms with Crippen molar-refractivity contribution in [3.63, 3.8) is 0 Å². The van der Waals surface area contributed by atoms with Gasteiger partial charge in [0.05, 0.1) is 30.8 Å². The highest BCUT2D eigenvalue weighted by molar-refractivity contribution is 7.11. The molecule has 116 valence electrons. The molecule has 2 amide bonds. The summed E-state index contributed by atoms with van der Waals surface area (Å²) in [5, 5.41) is 4.00. The maximum absolute atomic E-state index is 12.5. The summed E-state index contributed by atoms with van der Waals surface area (Å²) < 4.78 is 5.55. The van der Waals surface area contributed by atoms with Gasteiger partial charge < -0.3 is 15.0 Å². The molecule has 1 aliphatic rings. The van der Waals surface area contributed by atoms with Crippen LogP contribution in [-0.4, -0.2) is 35.7 Å². The molecule has 1 unspecified atom stereocenters. The molecule has 1 N–H and O–H groups in total. The molecule has 0 saturated carbocycles. The Labute approximate surface area is 133 Å². The van der Waals surface area contributed by atoms with Crippen LogP contribution in [0.5, 0.6) is 0 Å². The van der Waals surface area contributed by atoms with Gasteiger partial charge in [-0.2, -0.15) is 0 Å². The molecule has 22 heavy (non-hydrogen) atoms. The smallest absolute Gasteiger partial charge is 0.318 e. The van der Waals surface area contributed by atoms with Crippen LogP contribution in [0.1, 0.15) is 21.5 Å². The molecule has 6 heteroatoms. The maximum Gasteiger partial charge on any atom is 0.318 e. The number of nitrogens with zero attached hydrogens (tertiary/aromatic N) is 2. The fraction of sp³-hybridized carbons (Fsp3) is 0.375. The Bertz CT molecular complexity index is 629. The largest absolute Gasteiger partial charge is 0.377 e. The number of hydrogen-bond acceptors (Lipinski definition) is 4. The summed E-state index contributed by atoms with van der Waals surface area (Å²) >= 11 is 1.60. The van der Waals surface area contributed by atoms with E-state index in [1.807, 2.05) is 48.4 Å². The minimum Gasteiger partial charge on any atom is -0.377 e. The molecule has 1 aromatic carbocycles. The lowest BCUT2D eigenvalue weighted by molar-refractivity contribution is 0.0116. The van der Waals surface area contributed by atoms with Gasteiger partial charge in [-0.25, -0.2) is 9.78 Å². The van der Waals surface area contributed by atoms with Gasteiger partial charge >= 0.3 is 6.03 Å². The van der Waals surface area contributed by atoms with Crippen LogP contribution in [0.25, 0.3) is 0 Å². The second-order valence-electron chi connectivity index (χ2n) is 5.20. The van der Waals surface area contributed by atoms with E-state index in [9.17, 15) is 4.79 Å². The van der Waals surface area contributed by atoms with Crippen molar-refractivity contribution in [1.82, 2.24) is 15.2 Å². The Morgan fingerprint density at radius 3 is 3.00 bits per heavy atom. The SMILES string of the molecule is Cc1ncc(CNC(=O)N2CCOCC2c2ccccc2)s1. The second kappa shape index (κ2) is 6.89. The number of amides is 2. The van der Waals surface area contributed by atoms with E-state index in [0.29, 0.717) is 26.3 Å². The van der Waals surface area contributed by atoms with E-state index in [-0.39, 0.29) is 12.1 Å². The first-order chi connectivity index (χ1) is 10.7. The number of rotatable bonds is 3. The van der Waals surface area contributed by atoms with Crippen LogP contribution in [0.2, 0.25) is 0 Å². The van der Waals surface area contributed by atoms with E-state index in [1.54, 1.807) is 11.3 Å². The summed E-state index contributed by atoms with van der Waals surface area (Å²) in [5.74, 6) is 0. The number of ether oxygens (including phenoxy) is 1. The first-order valence-corrected chi connectivity index (χ1v) is 8.14. The molecule has 0 bridgehead atoms. The van der Waals surface area contributed by atoms with Crippen LogP contribution in [0, 0.1) is 6.92 Å². The van der Waals surface area contributed by atoms with Crippen molar-refractivity contribution >= 4 is 17.4 Å². The summed E-state index contributed by atoms with van der Waals surface area (Å²) in [7, 11) is 0. The fourth-order valence-corrected chi connectivity index (χ4v) is 3.28. The van der Waals surface area contributed by atoms with Gasteiger partial charge in [0.2, 0.25) is 0 Å². The van der Waals surface area contributed by atoms with Crippen molar-refractivity contribution in [2.45, 2.75) is 19.5 Å². The van der Waals surface area contributed by atoms with Crippen LogP contribution in [0.3, 0.4) is 0 Å². The lowest BCUT2D eigenvalue weighted by Crippen LogP contribution is -2.47. The maximum atomic E-state index is 12.5. The molecule has 1 atom stereocenters. The summed E-state index contributed by atoms with van der Waals surface area (Å²) in [5.41, 5.74) is 1.10. The van der Waals surface area contributed by atoms with Crippen LogP contribution >= 0.6 is 11.3 Å². The van der Waals surface area contributed by atoms with E-state index in [4.69, 9.17) is 4.74 Å². The molecule has 1 fully saturated rings. The first-order valence-electron chi connectivity index (χ1n) is 7.32. The van der Waals surface area contributed by atoms with Gasteiger partial charge in [0, 0.05) is 17.6 Å². The standard InChI is InChI=1S/C16H19N3O2S/c1-12-17-9-14(22-12)10-18-16(20)19-7-8-21-11-15(19)13-5-3-2-4-6-13/h2-6,9,15H,7-8,10-11H2,1H3,(H,18,20). The van der Waals surface area contributed by atoms with Crippen molar-refractivity contribution in [2.24, 2.45) is 0 Å². The van der Waals surface area contributed by atoms with Crippen molar-refractivity contribution in [3.05, 3.63) is 52.0 Å². The number of carbonyl (C=O) groups excluding carboxylic acids is 1. The topological polar surface area (TPSA) is 54.5 Å². The summed E-state index contributed by atoms with van der Waals surface area (Å²) in [6.45, 7) is 4.20. The normalized spacial score (nSPS) is 18.2. The highest BCUT2D eigenvalue weighted by Gasteiger charge is 2.28. The molecule has 1 aromatic heterocycles. The number of aromatic nitrogens is 1. The lowest BCUT2D eigenvalue weighted by atomic mass is 10.1. The molecule has 0 aliphatic carbocycles. The number of hydrogen-bond donors (Lipinski definition) is 1. The molecule has 3 rings (SSSR count). The second-order valence-corrected chi connectivity index (χ2v) is 6.52. The van der Waals surface area contributed by atoms with Crippen LogP contribution in [0.15, 0.2) is 36.5 Å². The number of urea groups is 1. The van der Waals surface area contributed by atoms with E-state index >= 15 is 0 Å². The van der Waals surface area contributed by atoms with Gasteiger partial charge in [-0.3, -0.25) is 0 Å². The number of aryl methyl sites for hydroxylation is 1. The van der Waals surface area contributed by atoms with Gasteiger partial charge in [-0.05, 0) is 12.5 Å². The van der Waals surface area contributed by atoms with Gasteiger partial charge in [-0.15, -0.1) is 11.3 Å². The highest BCUT2D eigenvalue weighted by Crippen LogP contribution is 2.24. The quantitative estimate of drug-likeness (QED) is 0.947. The highest BCUT2D eigenvalue weighted by atomic mass is 32.1. The van der Waals surface area contributed by atoms with Crippen molar-refractivity contribution in [1.29, 1.82) is 0 Å². The van der Waals surface area contributed by atoms with Gasteiger partial charge in [0.1, 0.15) is 0 Å². The Hall–Kier alpha value is -1.92. The monoisotopic (exact) mass is 317 g/mol. The molecule has 2 aromatic rings. The average molecular weight is 317 g/mol. The number of benzene rings is 1. The Kier molecular flexibility index (Phi) is 4.70. The van der Waals surface area contributed by atoms with Gasteiger partial charge in [-0.1, -0.05) is 30.3 Å². The van der Waals surface area contributed by atoms with E-state index < -0.39 is 0 Å². The van der Waals surface area contributed by atoms with Crippen LogP contribution in [-0.2, 0) is 11.3 Å². The molecule has 5 nitrogen and oxygen atoms in total. The zero-order valence-electron chi connectivity index (χ0n) is 12.5. The molecule has 0 radical (unpaired) electrons. The minimum absolute atomic E-state index is 0.0295. The summed E-state index contributed by atoms with van der Waals surface area (Å²) in [6, 6.07) is 9.93. The van der Waals surface area contributed by atoms with E-state index in [0.717, 1.165) is 15.4 Å². The average Bonchev–Trinajstić information content (AvgIpc) is 2.99. The third-order valence-electron chi connectivity index (χ3n) is 3.66. The molecular formula is C16H19N3O2S. The van der Waals surface area contributed by atoms with E-state index in [1.165, 1.54) is 0 Å². The Morgan fingerprint density at radius 1 is 1.45 bits per heavy atom. The zero-order chi connectivity index (χ0) is 15.4. The summed E-state index contributed by atoms with van der Waals surface area (Å²) in [4.78, 5) is 19.6. The Balaban J connectivity index is 1.66. The first kappa shape index (κ1) is 15.0. The molecule has 0 spiro atoms. The predicted octanol–water partition coefficient (Wildman–Crippen LogP) is 2.73. The zero-order valence-corrected chi connectivity index (χ0v) is 13.3. The van der Waals surface area contributed by atoms with Gasteiger partial charge in [0.15, 0.2) is 0 Å². The van der Waals surface area contributed by atoms with E-state index in [2.05, 4.69) is 10.3 Å².